The number of aliphatic hydroxyl groups is 5. The van der Waals surface area contributed by atoms with Crippen LogP contribution in [0.4, 0.5) is 5.95 Å². The van der Waals surface area contributed by atoms with Crippen LogP contribution in [0.5, 0.6) is 0 Å². The molecule has 0 saturated carbocycles. The van der Waals surface area contributed by atoms with E-state index in [4.69, 9.17) is 19.4 Å². The number of fused-ring (bicyclic) bond motifs is 1. The summed E-state index contributed by atoms with van der Waals surface area (Å²) in [7, 11) is -16.0. The van der Waals surface area contributed by atoms with Crippen molar-refractivity contribution in [3.63, 3.8) is 0 Å². The second kappa shape index (κ2) is 19.6. The third-order valence-corrected chi connectivity index (χ3v) is 12.3. The van der Waals surface area contributed by atoms with Crippen molar-refractivity contribution in [2.24, 2.45) is 0 Å². The maximum atomic E-state index is 12.6. The molecule has 2 unspecified atom stereocenters. The normalized spacial score (nSPS) is 28.3. The quantitative estimate of drug-likeness (QED) is 0.0331. The summed E-state index contributed by atoms with van der Waals surface area (Å²) in [5.74, 6) is -0.308. The minimum Gasteiger partial charge on any atom is -0.756 e. The predicted molar refractivity (Wildman–Crippen MR) is 177 cm³/mol. The molecule has 0 bridgehead atoms. The van der Waals surface area contributed by atoms with Gasteiger partial charge in [-0.2, -0.15) is 13.4 Å². The summed E-state index contributed by atoms with van der Waals surface area (Å²) in [5.41, 5.74) is 5.55. The number of benzene rings is 1. The van der Waals surface area contributed by atoms with E-state index in [2.05, 4.69) is 38.6 Å². The first-order valence-corrected chi connectivity index (χ1v) is 20.5. The number of nitrogens with one attached hydrogen (secondary N) is 1. The summed E-state index contributed by atoms with van der Waals surface area (Å²) in [6, 6.07) is 5.98. The van der Waals surface area contributed by atoms with Crippen LogP contribution in [-0.2, 0) is 59.2 Å². The molecule has 8 N–H and O–H groups in total. The van der Waals surface area contributed by atoms with E-state index in [1.165, 1.54) is 18.3 Å². The number of aryl methyl sites for hydroxylation is 1. The molecule has 5 heterocycles. The number of hydrogen-bond acceptors (Lipinski definition) is 23. The van der Waals surface area contributed by atoms with Crippen LogP contribution in [0, 0.1) is 6.92 Å². The zero-order valence-electron chi connectivity index (χ0n) is 30.6. The van der Waals surface area contributed by atoms with Crippen LogP contribution in [0.3, 0.4) is 0 Å². The van der Waals surface area contributed by atoms with E-state index in [1.54, 1.807) is 19.1 Å². The minimum absolute atomic E-state index is 0. The van der Waals surface area contributed by atoms with Gasteiger partial charge < -0.3 is 55.1 Å². The Bertz CT molecular complexity index is 2300. The molecule has 31 heteroatoms. The fraction of sp³-hybridized carbons (Fsp3) is 0.519. The number of nitrogens with zero attached hydrogens (tertiary/aromatic N) is 6. The number of aromatic amines is 1. The van der Waals surface area contributed by atoms with E-state index in [1.807, 2.05) is 0 Å². The Morgan fingerprint density at radius 2 is 1.64 bits per heavy atom. The van der Waals surface area contributed by atoms with Gasteiger partial charge in [0.15, 0.2) is 23.7 Å². The fourth-order valence-corrected chi connectivity index (χ4v) is 8.58. The van der Waals surface area contributed by atoms with Crippen molar-refractivity contribution >= 4 is 42.9 Å². The number of hydrogen-bond donors (Lipinski definition) is 7. The smallest absolute Gasteiger partial charge is 0.756 e. The molecule has 26 nitrogen and oxygen atoms in total. The van der Waals surface area contributed by atoms with Gasteiger partial charge in [0, 0.05) is 12.6 Å². The number of nitrogens with two attached hydrogens (primary N) is 1. The van der Waals surface area contributed by atoms with Crippen molar-refractivity contribution in [2.45, 2.75) is 80.0 Å². The van der Waals surface area contributed by atoms with E-state index < -0.39 is 99.7 Å². The molecule has 3 aromatic heterocycles. The summed E-state index contributed by atoms with van der Waals surface area (Å²) >= 11 is 0. The molecule has 0 amide bonds. The fourth-order valence-electron chi connectivity index (χ4n) is 5.59. The minimum atomic E-state index is -6.04. The van der Waals surface area contributed by atoms with Crippen molar-refractivity contribution in [2.75, 3.05) is 18.9 Å². The van der Waals surface area contributed by atoms with E-state index in [9.17, 15) is 57.7 Å². The second-order valence-corrected chi connectivity index (χ2v) is 17.0. The zero-order chi connectivity index (χ0) is 40.7. The number of rotatable bonds is 15. The van der Waals surface area contributed by atoms with Crippen molar-refractivity contribution < 1.29 is 139 Å². The number of H-pyrrole nitrogens is 1. The average Bonchev–Trinajstić information content (AvgIpc) is 3.82. The number of nitrogen functional groups attached to an aromatic ring is 1. The molecule has 0 aliphatic carbocycles. The van der Waals surface area contributed by atoms with Crippen LogP contribution < -0.4 is 80.2 Å². The van der Waals surface area contributed by atoms with Gasteiger partial charge in [0.1, 0.15) is 42.7 Å². The Kier molecular flexibility index (Phi) is 16.6. The molecule has 2 aliphatic rings. The van der Waals surface area contributed by atoms with Gasteiger partial charge in [-0.1, -0.05) is 22.9 Å². The van der Waals surface area contributed by atoms with Crippen LogP contribution >= 0.6 is 15.6 Å². The second-order valence-electron chi connectivity index (χ2n) is 12.5. The van der Waals surface area contributed by atoms with Crippen LogP contribution in [0.2, 0.25) is 0 Å². The van der Waals surface area contributed by atoms with E-state index in [0.29, 0.717) is 0 Å². The molecule has 2 fully saturated rings. The largest absolute Gasteiger partial charge is 1.00 e. The monoisotopic (exact) mass is 898 g/mol. The van der Waals surface area contributed by atoms with Crippen molar-refractivity contribution in [3.05, 3.63) is 58.4 Å². The molecular weight excluding hydrogens is 864 g/mol. The van der Waals surface area contributed by atoms with Crippen LogP contribution in [0.1, 0.15) is 17.5 Å². The van der Waals surface area contributed by atoms with Gasteiger partial charge in [0.2, 0.25) is 5.95 Å². The summed E-state index contributed by atoms with van der Waals surface area (Å²) in [6.07, 6.45) is -14.6. The number of aromatic nitrogens is 7. The van der Waals surface area contributed by atoms with Gasteiger partial charge in [0.05, 0.1) is 36.7 Å². The Labute approximate surface area is 371 Å². The maximum absolute atomic E-state index is 12.6. The Morgan fingerprint density at radius 1 is 0.966 bits per heavy atom. The number of ether oxygens (including phenoxy) is 2. The SMILES string of the molecule is Cc1ccc(S(=O)(=O)OCCc2cn(C[C@@H]3O[C@H](OP(=O)([O-])OP(=O)([O-])OC[C@H]4O[C@@H](n5cnc6c(=O)[nH]c(N)nc65)[C@H](O)[C@@H]4O)[C@@H](O)[C@H](O)[C@@H]3O)nn2)cc1.[Na+].[Na+]. The van der Waals surface area contributed by atoms with Gasteiger partial charge in [0.25, 0.3) is 31.3 Å². The first kappa shape index (κ1) is 49.1. The molecule has 6 rings (SSSR count). The van der Waals surface area contributed by atoms with Crippen molar-refractivity contribution in [1.82, 2.24) is 34.5 Å². The zero-order valence-corrected chi connectivity index (χ0v) is 37.2. The predicted octanol–water partition coefficient (Wildman–Crippen LogP) is -10.3. The van der Waals surface area contributed by atoms with Crippen molar-refractivity contribution in [3.8, 4) is 0 Å². The van der Waals surface area contributed by atoms with Crippen LogP contribution in [0.15, 0.2) is 46.5 Å². The number of phosphoric ester groups is 2. The average molecular weight is 899 g/mol. The molecule has 2 aliphatic heterocycles. The van der Waals surface area contributed by atoms with Gasteiger partial charge in [-0.15, -0.1) is 5.10 Å². The first-order chi connectivity index (χ1) is 26.2. The molecule has 58 heavy (non-hydrogen) atoms. The van der Waals surface area contributed by atoms with Gasteiger partial charge >= 0.3 is 59.1 Å². The van der Waals surface area contributed by atoms with Gasteiger partial charge in [-0.25, -0.2) is 14.0 Å². The number of imidazole rings is 1. The summed E-state index contributed by atoms with van der Waals surface area (Å²) < 4.78 is 81.1. The number of anilines is 1. The first-order valence-electron chi connectivity index (χ1n) is 16.2. The van der Waals surface area contributed by atoms with E-state index >= 15 is 0 Å². The van der Waals surface area contributed by atoms with E-state index in [-0.39, 0.29) is 99.8 Å². The molecule has 0 spiro atoms. The van der Waals surface area contributed by atoms with Crippen LogP contribution in [-0.4, -0.2) is 131 Å². The summed E-state index contributed by atoms with van der Waals surface area (Å²) in [6.45, 7) is -0.0992. The standard InChI is InChI=1S/C27H36N8O18P2S.2Na/c1-12-2-4-14(5-3-12)56(46,47)49-7-6-13-8-34(33-32-13)9-15-18(36)20(38)22(40)26(51-15)52-55(44,45)53-54(42,43)48-10-16-19(37)21(39)25(50-16)35-11-29-17-23(35)30-27(28)31-24(17)41;;/h2-5,8,11,15-16,18-22,25-26,36-40H,6-7,9-10H2,1H3,(H,42,43)(H,44,45)(H3,28,30,31,41);;/q;2*+1/p-2/t15-,16+,18+,19+,20+,21+,22-,25+,26+;;/m0../s1. The molecule has 0 radical (unpaired) electrons. The Hall–Kier alpha value is -1.60. The number of phosphoric acid groups is 2. The Balaban J connectivity index is 0.00000372. The third kappa shape index (κ3) is 11.4. The topological polar surface area (TPSA) is 391 Å². The van der Waals surface area contributed by atoms with Crippen molar-refractivity contribution in [1.29, 1.82) is 0 Å². The summed E-state index contributed by atoms with van der Waals surface area (Å²) in [4.78, 5) is 47.1. The molecule has 2 saturated heterocycles. The molecule has 308 valence electrons. The van der Waals surface area contributed by atoms with Gasteiger partial charge in [-0.05, 0) is 19.1 Å². The van der Waals surface area contributed by atoms with E-state index in [0.717, 1.165) is 21.1 Å². The molecule has 4 aromatic rings. The molecule has 11 atom stereocenters. The van der Waals surface area contributed by atoms with Crippen LogP contribution in [0.25, 0.3) is 11.2 Å². The van der Waals surface area contributed by atoms with Gasteiger partial charge in [-0.3, -0.25) is 32.2 Å². The third-order valence-electron chi connectivity index (χ3n) is 8.42. The maximum Gasteiger partial charge on any atom is 1.00 e. The number of aliphatic hydroxyl groups excluding tert-OH is 5. The Morgan fingerprint density at radius 3 is 2.33 bits per heavy atom. The molecular formula is C27H34N8Na2O18P2S. The molecule has 1 aromatic carbocycles. The summed E-state index contributed by atoms with van der Waals surface area (Å²) in [5, 5.41) is 59.9.